The van der Waals surface area contributed by atoms with Crippen molar-refractivity contribution in [3.63, 3.8) is 0 Å². The predicted octanol–water partition coefficient (Wildman–Crippen LogP) is 1.32. The number of aromatic nitrogens is 2. The first-order chi connectivity index (χ1) is 8.25. The van der Waals surface area contributed by atoms with Crippen molar-refractivity contribution >= 4 is 28.8 Å². The van der Waals surface area contributed by atoms with Gasteiger partial charge in [0.05, 0.1) is 6.20 Å². The average Bonchev–Trinajstić information content (AvgIpc) is 2.96. The van der Waals surface area contributed by atoms with Crippen molar-refractivity contribution in [2.75, 3.05) is 17.2 Å². The Hall–Kier alpha value is -1.95. The zero-order chi connectivity index (χ0) is 11.8. The maximum atomic E-state index is 12.2. The van der Waals surface area contributed by atoms with Gasteiger partial charge in [-0.2, -0.15) is 0 Å². The van der Waals surface area contributed by atoms with E-state index < -0.39 is 0 Å². The van der Waals surface area contributed by atoms with Crippen LogP contribution >= 0.6 is 11.5 Å². The lowest BCUT2D eigenvalue weighted by Crippen LogP contribution is -2.28. The average molecular weight is 246 g/mol. The molecular formula is C11H10N4OS. The topological polar surface area (TPSA) is 72.1 Å². The summed E-state index contributed by atoms with van der Waals surface area (Å²) in [6, 6.07) is 5.63. The molecule has 0 bridgehead atoms. The van der Waals surface area contributed by atoms with Crippen LogP contribution in [0.25, 0.3) is 0 Å². The van der Waals surface area contributed by atoms with E-state index in [0.29, 0.717) is 11.4 Å². The van der Waals surface area contributed by atoms with Crippen molar-refractivity contribution in [1.29, 1.82) is 0 Å². The van der Waals surface area contributed by atoms with Gasteiger partial charge in [-0.3, -0.25) is 4.79 Å². The molecule has 0 radical (unpaired) electrons. The van der Waals surface area contributed by atoms with E-state index in [1.807, 2.05) is 18.2 Å². The second-order valence-corrected chi connectivity index (χ2v) is 4.66. The zero-order valence-electron chi connectivity index (χ0n) is 8.96. The van der Waals surface area contributed by atoms with E-state index in [9.17, 15) is 4.79 Å². The van der Waals surface area contributed by atoms with Crippen LogP contribution in [0.5, 0.6) is 0 Å². The maximum Gasteiger partial charge on any atom is 0.271 e. The molecule has 1 aromatic heterocycles. The molecule has 0 saturated heterocycles. The van der Waals surface area contributed by atoms with E-state index in [4.69, 9.17) is 5.73 Å². The lowest BCUT2D eigenvalue weighted by molar-refractivity contribution is 0.0993. The van der Waals surface area contributed by atoms with E-state index in [1.54, 1.807) is 4.90 Å². The second-order valence-electron chi connectivity index (χ2n) is 3.88. The number of nitrogens with two attached hydrogens (primary N) is 1. The van der Waals surface area contributed by atoms with Crippen molar-refractivity contribution in [1.82, 2.24) is 9.59 Å². The number of amides is 1. The molecule has 0 fully saturated rings. The van der Waals surface area contributed by atoms with Gasteiger partial charge in [-0.25, -0.2) is 0 Å². The highest BCUT2D eigenvalue weighted by atomic mass is 32.1. The van der Waals surface area contributed by atoms with Crippen LogP contribution in [-0.4, -0.2) is 22.0 Å². The minimum Gasteiger partial charge on any atom is -0.399 e. The van der Waals surface area contributed by atoms with Crippen molar-refractivity contribution in [3.05, 3.63) is 34.8 Å². The third kappa shape index (κ3) is 1.66. The summed E-state index contributed by atoms with van der Waals surface area (Å²) in [6.45, 7) is 0.690. The Morgan fingerprint density at radius 3 is 3.12 bits per heavy atom. The molecule has 1 aliphatic heterocycles. The summed E-state index contributed by atoms with van der Waals surface area (Å²) in [6.07, 6.45) is 2.35. The molecule has 17 heavy (non-hydrogen) atoms. The van der Waals surface area contributed by atoms with Crippen molar-refractivity contribution < 1.29 is 4.79 Å². The van der Waals surface area contributed by atoms with Crippen LogP contribution in [0.3, 0.4) is 0 Å². The second kappa shape index (κ2) is 3.81. The minimum atomic E-state index is -0.0384. The van der Waals surface area contributed by atoms with Gasteiger partial charge >= 0.3 is 0 Å². The number of anilines is 2. The van der Waals surface area contributed by atoms with Crippen LogP contribution < -0.4 is 10.6 Å². The number of carbonyl (C=O) groups is 1. The number of nitrogen functional groups attached to an aromatic ring is 1. The molecule has 0 aliphatic carbocycles. The Kier molecular flexibility index (Phi) is 2.29. The highest BCUT2D eigenvalue weighted by molar-refractivity contribution is 7.07. The Balaban J connectivity index is 1.96. The summed E-state index contributed by atoms with van der Waals surface area (Å²) in [5.41, 5.74) is 8.52. The highest BCUT2D eigenvalue weighted by Gasteiger charge is 2.26. The number of fused-ring (bicyclic) bond motifs is 1. The fourth-order valence-electron chi connectivity index (χ4n) is 2.03. The van der Waals surface area contributed by atoms with Gasteiger partial charge in [0.2, 0.25) is 0 Å². The number of hydrogen-bond acceptors (Lipinski definition) is 5. The quantitative estimate of drug-likeness (QED) is 0.770. The number of benzene rings is 1. The van der Waals surface area contributed by atoms with Crippen LogP contribution in [0.1, 0.15) is 15.2 Å². The van der Waals surface area contributed by atoms with Gasteiger partial charge in [0, 0.05) is 17.9 Å². The molecule has 1 aliphatic rings. The first kappa shape index (κ1) is 10.2. The number of carbonyl (C=O) groups excluding carboxylic acids is 1. The van der Waals surface area contributed by atoms with Gasteiger partial charge in [-0.15, -0.1) is 5.10 Å². The van der Waals surface area contributed by atoms with E-state index in [2.05, 4.69) is 9.59 Å². The molecule has 0 spiro atoms. The van der Waals surface area contributed by atoms with Gasteiger partial charge in [0.15, 0.2) is 0 Å². The Morgan fingerprint density at radius 2 is 2.35 bits per heavy atom. The molecular weight excluding hydrogens is 236 g/mol. The number of hydrogen-bond donors (Lipinski definition) is 1. The number of nitrogens with zero attached hydrogens (tertiary/aromatic N) is 3. The van der Waals surface area contributed by atoms with Gasteiger partial charge in [0.25, 0.3) is 5.91 Å². The van der Waals surface area contributed by atoms with Gasteiger partial charge < -0.3 is 10.6 Å². The normalized spacial score (nSPS) is 13.8. The van der Waals surface area contributed by atoms with E-state index >= 15 is 0 Å². The maximum absolute atomic E-state index is 12.2. The van der Waals surface area contributed by atoms with E-state index in [0.717, 1.165) is 34.9 Å². The summed E-state index contributed by atoms with van der Waals surface area (Å²) >= 11 is 1.12. The molecule has 2 aromatic rings. The molecule has 6 heteroatoms. The number of rotatable bonds is 1. The summed E-state index contributed by atoms with van der Waals surface area (Å²) < 4.78 is 3.71. The standard InChI is InChI=1S/C11H10N4OS/c12-8-1-2-9-7(5-8)3-4-15(9)11(16)10-6-13-14-17-10/h1-2,5-6H,3-4,12H2. The summed E-state index contributed by atoms with van der Waals surface area (Å²) in [5.74, 6) is -0.0384. The largest absolute Gasteiger partial charge is 0.399 e. The summed E-state index contributed by atoms with van der Waals surface area (Å²) in [5, 5.41) is 3.69. The van der Waals surface area contributed by atoms with Crippen molar-refractivity contribution in [3.8, 4) is 0 Å². The molecule has 0 unspecified atom stereocenters. The van der Waals surface area contributed by atoms with E-state index in [-0.39, 0.29) is 5.91 Å². The predicted molar refractivity (Wildman–Crippen MR) is 66.1 cm³/mol. The van der Waals surface area contributed by atoms with Crippen molar-refractivity contribution in [2.24, 2.45) is 0 Å². The molecule has 1 amide bonds. The minimum absolute atomic E-state index is 0.0384. The van der Waals surface area contributed by atoms with Gasteiger partial charge in [0.1, 0.15) is 4.88 Å². The third-order valence-corrected chi connectivity index (χ3v) is 3.47. The SMILES string of the molecule is Nc1ccc2c(c1)CCN2C(=O)c1cnns1. The Bertz CT molecular complexity index is 567. The lowest BCUT2D eigenvalue weighted by atomic mass is 10.1. The highest BCUT2D eigenvalue weighted by Crippen LogP contribution is 2.30. The van der Waals surface area contributed by atoms with Crippen LogP contribution in [-0.2, 0) is 6.42 Å². The molecule has 0 atom stereocenters. The first-order valence-electron chi connectivity index (χ1n) is 5.23. The van der Waals surface area contributed by atoms with Crippen LogP contribution in [0, 0.1) is 0 Å². The zero-order valence-corrected chi connectivity index (χ0v) is 9.78. The van der Waals surface area contributed by atoms with Crippen molar-refractivity contribution in [2.45, 2.75) is 6.42 Å². The Morgan fingerprint density at radius 1 is 1.47 bits per heavy atom. The van der Waals surface area contributed by atoms with Crippen LogP contribution in [0.4, 0.5) is 11.4 Å². The van der Waals surface area contributed by atoms with Crippen LogP contribution in [0.2, 0.25) is 0 Å². The summed E-state index contributed by atoms with van der Waals surface area (Å²) in [4.78, 5) is 14.5. The third-order valence-electron chi connectivity index (χ3n) is 2.82. The molecule has 2 N–H and O–H groups in total. The van der Waals surface area contributed by atoms with E-state index in [1.165, 1.54) is 6.20 Å². The Labute approximate surface area is 102 Å². The fraction of sp³-hybridized carbons (Fsp3) is 0.182. The smallest absolute Gasteiger partial charge is 0.271 e. The molecule has 86 valence electrons. The first-order valence-corrected chi connectivity index (χ1v) is 6.00. The summed E-state index contributed by atoms with van der Waals surface area (Å²) in [7, 11) is 0. The van der Waals surface area contributed by atoms with Gasteiger partial charge in [-0.1, -0.05) is 4.49 Å². The monoisotopic (exact) mass is 246 g/mol. The molecule has 3 rings (SSSR count). The van der Waals surface area contributed by atoms with Gasteiger partial charge in [-0.05, 0) is 41.7 Å². The molecule has 2 heterocycles. The fourth-order valence-corrected chi connectivity index (χ4v) is 2.49. The molecule has 5 nitrogen and oxygen atoms in total. The lowest BCUT2D eigenvalue weighted by Gasteiger charge is -2.15. The van der Waals surface area contributed by atoms with Crippen LogP contribution in [0.15, 0.2) is 24.4 Å². The molecule has 1 aromatic carbocycles. The molecule has 0 saturated carbocycles.